The van der Waals surface area contributed by atoms with Gasteiger partial charge in [0.1, 0.15) is 0 Å². The van der Waals surface area contributed by atoms with Gasteiger partial charge in [0.05, 0.1) is 17.7 Å². The summed E-state index contributed by atoms with van der Waals surface area (Å²) in [4.78, 5) is 29.8. The molecule has 0 radical (unpaired) electrons. The third-order valence-electron chi connectivity index (χ3n) is 4.35. The van der Waals surface area contributed by atoms with E-state index >= 15 is 0 Å². The number of hydrogen-bond acceptors (Lipinski definition) is 10. The molecule has 34 heavy (non-hydrogen) atoms. The number of likely N-dealkylation sites (N-methyl/N-ethyl adjacent to an activating group) is 1. The van der Waals surface area contributed by atoms with Crippen molar-refractivity contribution in [3.63, 3.8) is 0 Å². The van der Waals surface area contributed by atoms with Crippen LogP contribution in [0.25, 0.3) is 0 Å². The van der Waals surface area contributed by atoms with E-state index in [1.807, 2.05) is 0 Å². The fourth-order valence-electron chi connectivity index (χ4n) is 2.75. The minimum absolute atomic E-state index is 0.0170. The van der Waals surface area contributed by atoms with Crippen LogP contribution in [-0.4, -0.2) is 64.1 Å². The van der Waals surface area contributed by atoms with E-state index in [1.54, 1.807) is 13.0 Å². The highest BCUT2D eigenvalue weighted by Crippen LogP contribution is 2.19. The molecule has 1 amide bonds. The molecule has 0 fully saturated rings. The van der Waals surface area contributed by atoms with Crippen LogP contribution >= 0.6 is 11.3 Å². The molecule has 2 heterocycles. The van der Waals surface area contributed by atoms with Crippen molar-refractivity contribution >= 4 is 38.1 Å². The molecule has 2 N–H and O–H groups in total. The van der Waals surface area contributed by atoms with Crippen LogP contribution in [0.3, 0.4) is 0 Å². The van der Waals surface area contributed by atoms with E-state index in [1.165, 1.54) is 36.7 Å². The van der Waals surface area contributed by atoms with Crippen LogP contribution in [0.1, 0.15) is 18.3 Å². The van der Waals surface area contributed by atoms with Crippen molar-refractivity contribution in [1.29, 1.82) is 0 Å². The van der Waals surface area contributed by atoms with Gasteiger partial charge in [0.2, 0.25) is 10.0 Å². The summed E-state index contributed by atoms with van der Waals surface area (Å²) in [7, 11) is -3.84. The van der Waals surface area contributed by atoms with Crippen molar-refractivity contribution in [2.24, 2.45) is 5.16 Å². The molecule has 0 aliphatic heterocycles. The number of aliphatic hydroxyl groups excluding tert-OH is 1. The SMILES string of the molecule is CCN(CCO)S(=O)(=O)c1ccc(/C(=N\OCc2ncccn2)C(=O)Nc2ncc(F)s2)cc1. The molecule has 0 saturated heterocycles. The minimum Gasteiger partial charge on any atom is -0.395 e. The highest BCUT2D eigenvalue weighted by molar-refractivity contribution is 7.89. The average Bonchev–Trinajstić information content (AvgIpc) is 3.25. The highest BCUT2D eigenvalue weighted by Gasteiger charge is 2.24. The third-order valence-corrected chi connectivity index (χ3v) is 7.04. The lowest BCUT2D eigenvalue weighted by atomic mass is 10.1. The molecule has 3 aromatic rings. The zero-order valence-electron chi connectivity index (χ0n) is 18.0. The monoisotopic (exact) mass is 508 g/mol. The molecule has 0 aliphatic rings. The minimum atomic E-state index is -3.84. The lowest BCUT2D eigenvalue weighted by molar-refractivity contribution is -0.110. The normalized spacial score (nSPS) is 12.1. The Morgan fingerprint density at radius 3 is 2.53 bits per heavy atom. The first-order valence-corrected chi connectivity index (χ1v) is 12.2. The van der Waals surface area contributed by atoms with Crippen LogP contribution in [-0.2, 0) is 26.3 Å². The molecule has 0 spiro atoms. The van der Waals surface area contributed by atoms with Gasteiger partial charge in [-0.2, -0.15) is 8.70 Å². The van der Waals surface area contributed by atoms with E-state index in [0.717, 1.165) is 10.5 Å². The number of sulfonamides is 1. The Hall–Kier alpha value is -3.33. The number of aromatic nitrogens is 3. The van der Waals surface area contributed by atoms with Crippen molar-refractivity contribution in [2.45, 2.75) is 18.4 Å². The van der Waals surface area contributed by atoms with E-state index in [9.17, 15) is 17.6 Å². The summed E-state index contributed by atoms with van der Waals surface area (Å²) in [6.45, 7) is 1.35. The summed E-state index contributed by atoms with van der Waals surface area (Å²) < 4.78 is 39.9. The molecule has 0 saturated carbocycles. The van der Waals surface area contributed by atoms with Gasteiger partial charge in [-0.25, -0.2) is 23.4 Å². The lowest BCUT2D eigenvalue weighted by Gasteiger charge is -2.19. The number of anilines is 1. The molecule has 2 aromatic heterocycles. The Balaban J connectivity index is 1.87. The fourth-order valence-corrected chi connectivity index (χ4v) is 4.73. The van der Waals surface area contributed by atoms with E-state index in [2.05, 4.69) is 25.4 Å². The predicted octanol–water partition coefficient (Wildman–Crippen LogP) is 1.63. The number of rotatable bonds is 11. The number of carbonyl (C=O) groups excluding carboxylic acids is 1. The van der Waals surface area contributed by atoms with E-state index in [-0.39, 0.29) is 47.6 Å². The van der Waals surface area contributed by atoms with Gasteiger partial charge < -0.3 is 9.94 Å². The van der Waals surface area contributed by atoms with Crippen LogP contribution in [0.2, 0.25) is 0 Å². The number of amides is 1. The average molecular weight is 509 g/mol. The van der Waals surface area contributed by atoms with Gasteiger partial charge in [0, 0.05) is 31.0 Å². The molecule has 3 rings (SSSR count). The molecular weight excluding hydrogens is 487 g/mol. The standard InChI is InChI=1S/C20H21FN6O5S2/c1-2-27(10-11-28)34(30,31)15-6-4-14(5-7-15)18(19(29)25-20-24-12-16(21)33-20)26-32-13-17-22-8-3-9-23-17/h3-9,12,28H,2,10-11,13H2,1H3,(H,24,25,29)/b26-18+. The van der Waals surface area contributed by atoms with Gasteiger partial charge in [-0.1, -0.05) is 35.5 Å². The topological polar surface area (TPSA) is 147 Å². The molecular formula is C20H21FN6O5S2. The number of benzene rings is 1. The second-order valence-corrected chi connectivity index (χ2v) is 9.47. The number of nitrogens with zero attached hydrogens (tertiary/aromatic N) is 5. The zero-order chi connectivity index (χ0) is 24.6. The maximum atomic E-state index is 13.3. The summed E-state index contributed by atoms with van der Waals surface area (Å²) in [6, 6.07) is 7.05. The molecule has 0 aliphatic carbocycles. The van der Waals surface area contributed by atoms with Crippen LogP contribution in [0.5, 0.6) is 0 Å². The quantitative estimate of drug-likeness (QED) is 0.293. The van der Waals surface area contributed by atoms with Crippen molar-refractivity contribution in [2.75, 3.05) is 25.0 Å². The van der Waals surface area contributed by atoms with Gasteiger partial charge in [-0.05, 0) is 18.2 Å². The van der Waals surface area contributed by atoms with Gasteiger partial charge in [-0.15, -0.1) is 0 Å². The van der Waals surface area contributed by atoms with Crippen LogP contribution in [0, 0.1) is 5.13 Å². The lowest BCUT2D eigenvalue weighted by Crippen LogP contribution is -2.33. The van der Waals surface area contributed by atoms with Crippen LogP contribution in [0.4, 0.5) is 9.52 Å². The molecule has 0 atom stereocenters. The molecule has 14 heteroatoms. The first kappa shape index (κ1) is 25.3. The first-order chi connectivity index (χ1) is 16.3. The number of nitrogens with one attached hydrogen (secondary N) is 1. The van der Waals surface area contributed by atoms with E-state index < -0.39 is 21.1 Å². The summed E-state index contributed by atoms with van der Waals surface area (Å²) in [6.07, 6.45) is 4.01. The number of halogens is 1. The maximum absolute atomic E-state index is 13.3. The third kappa shape index (κ3) is 6.38. The van der Waals surface area contributed by atoms with Gasteiger partial charge in [0.15, 0.2) is 28.4 Å². The number of thiazole rings is 1. The Morgan fingerprint density at radius 2 is 1.94 bits per heavy atom. The summed E-state index contributed by atoms with van der Waals surface area (Å²) >= 11 is 0.635. The first-order valence-electron chi connectivity index (χ1n) is 9.95. The van der Waals surface area contributed by atoms with Crippen LogP contribution in [0.15, 0.2) is 59.0 Å². The largest absolute Gasteiger partial charge is 0.395 e. The number of carbonyl (C=O) groups is 1. The molecule has 180 valence electrons. The highest BCUT2D eigenvalue weighted by atomic mass is 32.2. The molecule has 0 unspecified atom stereocenters. The number of hydrogen-bond donors (Lipinski definition) is 2. The Morgan fingerprint density at radius 1 is 1.24 bits per heavy atom. The number of oxime groups is 1. The smallest absolute Gasteiger partial charge is 0.280 e. The maximum Gasteiger partial charge on any atom is 0.280 e. The van der Waals surface area contributed by atoms with Gasteiger partial charge in [0.25, 0.3) is 5.91 Å². The summed E-state index contributed by atoms with van der Waals surface area (Å²) in [5.74, 6) is -0.410. The molecule has 1 aromatic carbocycles. The Bertz CT molecular complexity index is 1240. The van der Waals surface area contributed by atoms with Crippen LogP contribution < -0.4 is 5.32 Å². The summed E-state index contributed by atoms with van der Waals surface area (Å²) in [5, 5.41) is 14.9. The van der Waals surface area contributed by atoms with Crippen molar-refractivity contribution < 1.29 is 27.5 Å². The molecule has 11 nitrogen and oxygen atoms in total. The Kier molecular flexibility index (Phi) is 8.70. The summed E-state index contributed by atoms with van der Waals surface area (Å²) in [5.41, 5.74) is 0.0471. The van der Waals surface area contributed by atoms with Crippen molar-refractivity contribution in [3.8, 4) is 0 Å². The van der Waals surface area contributed by atoms with E-state index in [0.29, 0.717) is 17.2 Å². The van der Waals surface area contributed by atoms with Gasteiger partial charge >= 0.3 is 0 Å². The number of aliphatic hydroxyl groups is 1. The second kappa shape index (κ2) is 11.7. The van der Waals surface area contributed by atoms with E-state index in [4.69, 9.17) is 9.94 Å². The molecule has 0 bridgehead atoms. The second-order valence-electron chi connectivity index (χ2n) is 6.55. The zero-order valence-corrected chi connectivity index (χ0v) is 19.6. The van der Waals surface area contributed by atoms with Gasteiger partial charge in [-0.3, -0.25) is 10.1 Å². The fraction of sp³-hybridized carbons (Fsp3) is 0.250. The van der Waals surface area contributed by atoms with Crippen molar-refractivity contribution in [1.82, 2.24) is 19.3 Å². The Labute approximate surface area is 199 Å². The predicted molar refractivity (Wildman–Crippen MR) is 122 cm³/mol. The van der Waals surface area contributed by atoms with Crippen molar-refractivity contribution in [3.05, 3.63) is 65.4 Å².